The molecule has 238 valence electrons. The van der Waals surface area contributed by atoms with Gasteiger partial charge in [0.05, 0.1) is 16.6 Å². The third-order valence-electron chi connectivity index (χ3n) is 7.55. The molecule has 0 unspecified atom stereocenters. The van der Waals surface area contributed by atoms with E-state index in [-0.39, 0.29) is 32.8 Å². The Labute approximate surface area is 258 Å². The van der Waals surface area contributed by atoms with Gasteiger partial charge in [-0.15, -0.1) is 0 Å². The van der Waals surface area contributed by atoms with Crippen LogP contribution in [0.5, 0.6) is 0 Å². The van der Waals surface area contributed by atoms with Gasteiger partial charge >= 0.3 is 12.1 Å². The van der Waals surface area contributed by atoms with Crippen molar-refractivity contribution >= 4 is 33.6 Å². The van der Waals surface area contributed by atoms with Gasteiger partial charge in [-0.1, -0.05) is 48.5 Å². The minimum absolute atomic E-state index is 0.0971. The summed E-state index contributed by atoms with van der Waals surface area (Å²) >= 11 is 0. The molecule has 0 fully saturated rings. The molecule has 8 nitrogen and oxygen atoms in total. The summed E-state index contributed by atoms with van der Waals surface area (Å²) in [6.45, 7) is 0.328. The number of pyridine rings is 1. The molecule has 4 N–H and O–H groups in total. The SMILES string of the molecule is CN(C)Cc1ccc2c(c1)c(C(F)(F)F)c(-c1cccc3c(C[C@H](NC(=O)c4c(F)cccc4F)C(=O)O)cccc13)c(=O)n2N. The Morgan fingerprint density at radius 2 is 1.57 bits per heavy atom. The minimum Gasteiger partial charge on any atom is -0.480 e. The van der Waals surface area contributed by atoms with Crippen molar-refractivity contribution in [2.75, 3.05) is 19.9 Å². The van der Waals surface area contributed by atoms with Crippen LogP contribution in [0.15, 0.2) is 77.6 Å². The molecule has 0 saturated heterocycles. The molecule has 0 aliphatic heterocycles. The van der Waals surface area contributed by atoms with Gasteiger partial charge in [-0.3, -0.25) is 9.59 Å². The highest BCUT2D eigenvalue weighted by molar-refractivity contribution is 6.02. The largest absolute Gasteiger partial charge is 0.480 e. The minimum atomic E-state index is -4.97. The number of carboxylic acid groups (broad SMARTS) is 1. The van der Waals surface area contributed by atoms with Gasteiger partial charge in [-0.25, -0.2) is 18.3 Å². The molecule has 5 aromatic rings. The Bertz CT molecular complexity index is 2050. The maximum atomic E-state index is 14.9. The van der Waals surface area contributed by atoms with Crippen molar-refractivity contribution in [3.05, 3.63) is 117 Å². The van der Waals surface area contributed by atoms with Crippen molar-refractivity contribution in [3.63, 3.8) is 0 Å². The fraction of sp³-hybridized carbons (Fsp3) is 0.182. The fourth-order valence-corrected chi connectivity index (χ4v) is 5.61. The third-order valence-corrected chi connectivity index (χ3v) is 7.55. The highest BCUT2D eigenvalue weighted by Gasteiger charge is 2.39. The van der Waals surface area contributed by atoms with E-state index in [9.17, 15) is 41.4 Å². The zero-order valence-electron chi connectivity index (χ0n) is 24.5. The van der Waals surface area contributed by atoms with E-state index in [1.54, 1.807) is 25.1 Å². The van der Waals surface area contributed by atoms with Crippen molar-refractivity contribution in [1.82, 2.24) is 14.9 Å². The Balaban J connectivity index is 1.67. The quantitative estimate of drug-likeness (QED) is 0.157. The number of fused-ring (bicyclic) bond motifs is 2. The van der Waals surface area contributed by atoms with Crippen LogP contribution in [0.25, 0.3) is 32.8 Å². The van der Waals surface area contributed by atoms with Crippen LogP contribution in [0.1, 0.15) is 27.0 Å². The second kappa shape index (κ2) is 12.2. The first-order chi connectivity index (χ1) is 21.7. The number of carbonyl (C=O) groups excluding carboxylic acids is 1. The molecule has 0 bridgehead atoms. The van der Waals surface area contributed by atoms with Crippen LogP contribution in [-0.4, -0.2) is 46.7 Å². The lowest BCUT2D eigenvalue weighted by Gasteiger charge is -2.21. The molecule has 0 spiro atoms. The predicted octanol–water partition coefficient (Wildman–Crippen LogP) is 5.32. The number of carbonyl (C=O) groups is 2. The van der Waals surface area contributed by atoms with Gasteiger partial charge in [0.15, 0.2) is 0 Å². The molecular formula is C33H27F5N4O4. The first-order valence-corrected chi connectivity index (χ1v) is 13.9. The van der Waals surface area contributed by atoms with Crippen molar-refractivity contribution in [1.29, 1.82) is 0 Å². The van der Waals surface area contributed by atoms with E-state index in [4.69, 9.17) is 5.84 Å². The molecular weight excluding hydrogens is 611 g/mol. The van der Waals surface area contributed by atoms with E-state index in [1.165, 1.54) is 48.5 Å². The van der Waals surface area contributed by atoms with Gasteiger partial charge in [-0.2, -0.15) is 13.2 Å². The van der Waals surface area contributed by atoms with Gasteiger partial charge in [0.25, 0.3) is 11.5 Å². The Morgan fingerprint density at radius 1 is 0.935 bits per heavy atom. The number of alkyl halides is 3. The van der Waals surface area contributed by atoms with Crippen LogP contribution in [0.2, 0.25) is 0 Å². The second-order valence-corrected chi connectivity index (χ2v) is 11.0. The molecule has 0 aliphatic rings. The number of nitrogens with one attached hydrogen (secondary N) is 1. The second-order valence-electron chi connectivity index (χ2n) is 11.0. The number of aromatic nitrogens is 1. The van der Waals surface area contributed by atoms with E-state index >= 15 is 0 Å². The van der Waals surface area contributed by atoms with Gasteiger partial charge in [-0.05, 0) is 65.8 Å². The monoisotopic (exact) mass is 638 g/mol. The Morgan fingerprint density at radius 3 is 2.20 bits per heavy atom. The van der Waals surface area contributed by atoms with Crippen LogP contribution in [0.3, 0.4) is 0 Å². The molecule has 0 saturated carbocycles. The summed E-state index contributed by atoms with van der Waals surface area (Å²) in [6.07, 6.45) is -5.38. The van der Waals surface area contributed by atoms with Crippen LogP contribution >= 0.6 is 0 Å². The number of carboxylic acids is 1. The summed E-state index contributed by atoms with van der Waals surface area (Å²) in [7, 11) is 3.52. The van der Waals surface area contributed by atoms with Crippen LogP contribution < -0.4 is 16.7 Å². The molecule has 5 rings (SSSR count). The lowest BCUT2D eigenvalue weighted by molar-refractivity contribution is -0.139. The number of nitrogen functional groups attached to an aromatic ring is 1. The summed E-state index contributed by atoms with van der Waals surface area (Å²) in [5.74, 6) is 0.879. The van der Waals surface area contributed by atoms with Crippen LogP contribution in [0, 0.1) is 11.6 Å². The summed E-state index contributed by atoms with van der Waals surface area (Å²) in [4.78, 5) is 40.1. The van der Waals surface area contributed by atoms with E-state index < -0.39 is 64.4 Å². The zero-order valence-corrected chi connectivity index (χ0v) is 24.5. The summed E-state index contributed by atoms with van der Waals surface area (Å²) < 4.78 is 73.6. The van der Waals surface area contributed by atoms with E-state index in [2.05, 4.69) is 5.32 Å². The standard InChI is InChI=1S/C33H27F5N4O4/c1-41(2)16-17-12-13-26-22(14-17)29(33(36,37)38)27(31(44)42(26)39)21-9-4-7-19-18(6-3-8-20(19)21)15-25(32(45)46)40-30(43)28-23(34)10-5-11-24(28)35/h3-14,25H,15-16,39H2,1-2H3,(H,40,43)(H,45,46)/t25-/m0/s1. The number of aliphatic carboxylic acids is 1. The van der Waals surface area contributed by atoms with E-state index in [0.29, 0.717) is 16.8 Å². The topological polar surface area (TPSA) is 118 Å². The van der Waals surface area contributed by atoms with Gasteiger partial charge in [0.2, 0.25) is 0 Å². The van der Waals surface area contributed by atoms with Gasteiger partial charge < -0.3 is 21.2 Å². The molecule has 1 heterocycles. The average molecular weight is 639 g/mol. The normalized spacial score (nSPS) is 12.5. The highest BCUT2D eigenvalue weighted by atomic mass is 19.4. The summed E-state index contributed by atoms with van der Waals surface area (Å²) in [5.41, 5.74) is -3.30. The molecule has 4 aromatic carbocycles. The maximum Gasteiger partial charge on any atom is 0.417 e. The average Bonchev–Trinajstić information content (AvgIpc) is 2.97. The fourth-order valence-electron chi connectivity index (χ4n) is 5.61. The third kappa shape index (κ3) is 6.01. The molecule has 46 heavy (non-hydrogen) atoms. The van der Waals surface area contributed by atoms with E-state index in [0.717, 1.165) is 18.2 Å². The molecule has 0 radical (unpaired) electrons. The molecule has 0 aliphatic carbocycles. The number of nitrogens with two attached hydrogens (primary N) is 1. The van der Waals surface area contributed by atoms with Crippen molar-refractivity contribution < 1.29 is 36.6 Å². The smallest absolute Gasteiger partial charge is 0.417 e. The number of nitrogens with zero attached hydrogens (tertiary/aromatic N) is 2. The number of hydrogen-bond acceptors (Lipinski definition) is 5. The number of benzene rings is 4. The van der Waals surface area contributed by atoms with Crippen molar-refractivity contribution in [2.24, 2.45) is 0 Å². The Kier molecular flexibility index (Phi) is 8.54. The van der Waals surface area contributed by atoms with Crippen LogP contribution in [-0.2, 0) is 23.9 Å². The highest BCUT2D eigenvalue weighted by Crippen LogP contribution is 2.42. The van der Waals surface area contributed by atoms with Crippen LogP contribution in [0.4, 0.5) is 22.0 Å². The molecule has 1 aromatic heterocycles. The van der Waals surface area contributed by atoms with Gasteiger partial charge in [0, 0.05) is 18.4 Å². The summed E-state index contributed by atoms with van der Waals surface area (Å²) in [6, 6.07) is 14.1. The lowest BCUT2D eigenvalue weighted by Crippen LogP contribution is -2.43. The van der Waals surface area contributed by atoms with Gasteiger partial charge in [0.1, 0.15) is 23.2 Å². The number of halogens is 5. The maximum absolute atomic E-state index is 14.9. The summed E-state index contributed by atoms with van der Waals surface area (Å²) in [5, 5.41) is 12.2. The Hall–Kier alpha value is -5.30. The molecule has 1 amide bonds. The number of rotatable bonds is 8. The van der Waals surface area contributed by atoms with Crippen molar-refractivity contribution in [3.8, 4) is 11.1 Å². The number of amides is 1. The lowest BCUT2D eigenvalue weighted by atomic mass is 9.90. The first kappa shape index (κ1) is 32.1. The van der Waals surface area contributed by atoms with E-state index in [1.807, 2.05) is 0 Å². The first-order valence-electron chi connectivity index (χ1n) is 13.9. The predicted molar refractivity (Wildman–Crippen MR) is 163 cm³/mol. The molecule has 13 heteroatoms. The zero-order chi connectivity index (χ0) is 33.5. The number of hydrogen-bond donors (Lipinski definition) is 3. The molecule has 1 atom stereocenters. The van der Waals surface area contributed by atoms with Crippen molar-refractivity contribution in [2.45, 2.75) is 25.2 Å².